The van der Waals surface area contributed by atoms with Gasteiger partial charge < -0.3 is 13.3 Å². The summed E-state index contributed by atoms with van der Waals surface area (Å²) in [6, 6.07) is -0.701. The molecule has 0 fully saturated rings. The molecule has 0 aliphatic heterocycles. The van der Waals surface area contributed by atoms with Crippen molar-refractivity contribution in [2.24, 2.45) is 0 Å². The summed E-state index contributed by atoms with van der Waals surface area (Å²) in [5.41, 5.74) is -0.928. The maximum Gasteiger partial charge on any atom is 0.636 e. The molecule has 20 heavy (non-hydrogen) atoms. The van der Waals surface area contributed by atoms with E-state index in [2.05, 4.69) is 0 Å². The van der Waals surface area contributed by atoms with Crippen LogP contribution < -0.4 is 0 Å². The summed E-state index contributed by atoms with van der Waals surface area (Å²) in [5.74, 6) is -1.71. The fraction of sp³-hybridized carbons (Fsp3) is 0.818. The molecule has 0 radical (unpaired) electrons. The maximum absolute atomic E-state index is 12.4. The predicted octanol–water partition coefficient (Wildman–Crippen LogP) is 2.82. The lowest BCUT2D eigenvalue weighted by molar-refractivity contribution is -0.150. The molecule has 0 aromatic heterocycles. The number of alkyl halides is 3. The van der Waals surface area contributed by atoms with Gasteiger partial charge >= 0.3 is 15.0 Å². The van der Waals surface area contributed by atoms with Gasteiger partial charge in [-0.3, -0.25) is 9.59 Å². The van der Waals surface area contributed by atoms with E-state index in [0.717, 1.165) is 13.8 Å². The van der Waals surface area contributed by atoms with Crippen molar-refractivity contribution in [3.8, 4) is 0 Å². The molecule has 0 saturated carbocycles. The van der Waals surface area contributed by atoms with E-state index in [9.17, 15) is 22.8 Å². The number of halogens is 3. The van der Waals surface area contributed by atoms with Gasteiger partial charge in [-0.2, -0.15) is 13.2 Å². The molecule has 0 N–H and O–H groups in total. The lowest BCUT2D eigenvalue weighted by atomic mass is 10.2. The summed E-state index contributed by atoms with van der Waals surface area (Å²) >= 11 is 0. The van der Waals surface area contributed by atoms with Crippen LogP contribution in [0.5, 0.6) is 0 Å². The fourth-order valence-corrected chi connectivity index (χ4v) is 4.24. The second kappa shape index (κ2) is 6.57. The van der Waals surface area contributed by atoms with Gasteiger partial charge in [0.15, 0.2) is 0 Å². The normalized spacial score (nSPS) is 13.0. The van der Waals surface area contributed by atoms with Crippen LogP contribution in [-0.4, -0.2) is 32.5 Å². The summed E-state index contributed by atoms with van der Waals surface area (Å²) in [4.78, 5) is 22.2. The lowest BCUT2D eigenvalue weighted by Gasteiger charge is -2.33. The molecule has 5 nitrogen and oxygen atoms in total. The highest BCUT2D eigenvalue weighted by Gasteiger charge is 2.53. The second-order valence-electron chi connectivity index (χ2n) is 5.20. The number of hydrogen-bond acceptors (Lipinski definition) is 5. The maximum atomic E-state index is 12.4. The minimum absolute atomic E-state index is 0.701. The molecule has 0 bridgehead atoms. The largest absolute Gasteiger partial charge is 0.636 e. The first-order valence-corrected chi connectivity index (χ1v) is 7.84. The zero-order valence-corrected chi connectivity index (χ0v) is 13.1. The van der Waals surface area contributed by atoms with E-state index in [1.807, 2.05) is 0 Å². The third-order valence-corrected chi connectivity index (χ3v) is 4.76. The summed E-state index contributed by atoms with van der Waals surface area (Å²) in [6.45, 7) is 6.73. The number of hydrogen-bond donors (Lipinski definition) is 0. The van der Waals surface area contributed by atoms with Crippen molar-refractivity contribution < 1.29 is 36.0 Å². The molecule has 0 aliphatic carbocycles. The Labute approximate surface area is 116 Å². The standard InChI is InChI=1S/C11H19F3O5Si/c1-8(15)17-20(18-9(2)16,19-10(3,4)5)7-6-11(12,13)14/h6-7H2,1-5H3. The smallest absolute Gasteiger partial charge is 0.464 e. The fourth-order valence-electron chi connectivity index (χ4n) is 1.41. The van der Waals surface area contributed by atoms with Crippen LogP contribution >= 0.6 is 0 Å². The monoisotopic (exact) mass is 316 g/mol. The van der Waals surface area contributed by atoms with E-state index >= 15 is 0 Å². The van der Waals surface area contributed by atoms with Gasteiger partial charge in [0.25, 0.3) is 11.9 Å². The van der Waals surface area contributed by atoms with Crippen LogP contribution in [-0.2, 0) is 22.9 Å². The topological polar surface area (TPSA) is 61.8 Å². The molecule has 9 heteroatoms. The molecule has 118 valence electrons. The van der Waals surface area contributed by atoms with Crippen LogP contribution in [0.2, 0.25) is 6.04 Å². The Morgan fingerprint density at radius 2 is 1.40 bits per heavy atom. The van der Waals surface area contributed by atoms with E-state index in [4.69, 9.17) is 13.3 Å². The quantitative estimate of drug-likeness (QED) is 0.730. The third kappa shape index (κ3) is 8.91. The van der Waals surface area contributed by atoms with Crippen LogP contribution in [0.1, 0.15) is 41.0 Å². The van der Waals surface area contributed by atoms with E-state index in [0.29, 0.717) is 0 Å². The molecule has 0 saturated heterocycles. The molecular formula is C11H19F3O5Si. The zero-order chi connectivity index (χ0) is 16.2. The van der Waals surface area contributed by atoms with Gasteiger partial charge in [0.2, 0.25) is 0 Å². The molecule has 0 aliphatic rings. The SMILES string of the molecule is CC(=O)O[Si](CCC(F)(F)F)(OC(C)=O)OC(C)(C)C. The van der Waals surface area contributed by atoms with Crippen LogP contribution in [0.25, 0.3) is 0 Å². The Kier molecular flexibility index (Phi) is 6.21. The van der Waals surface area contributed by atoms with E-state index in [1.54, 1.807) is 20.8 Å². The highest BCUT2D eigenvalue weighted by atomic mass is 28.4. The summed E-state index contributed by atoms with van der Waals surface area (Å²) in [5, 5.41) is 0. The van der Waals surface area contributed by atoms with Gasteiger partial charge in [-0.25, -0.2) is 0 Å². The van der Waals surface area contributed by atoms with Crippen molar-refractivity contribution in [3.63, 3.8) is 0 Å². The molecule has 0 amide bonds. The van der Waals surface area contributed by atoms with Gasteiger partial charge in [-0.1, -0.05) is 0 Å². The minimum atomic E-state index is -4.47. The van der Waals surface area contributed by atoms with Crippen LogP contribution in [0, 0.1) is 0 Å². The Morgan fingerprint density at radius 1 is 1.00 bits per heavy atom. The van der Waals surface area contributed by atoms with Gasteiger partial charge in [-0.05, 0) is 20.8 Å². The number of carbonyl (C=O) groups is 2. The van der Waals surface area contributed by atoms with Crippen molar-refractivity contribution in [2.75, 3.05) is 0 Å². The Morgan fingerprint density at radius 3 is 1.65 bits per heavy atom. The average molecular weight is 316 g/mol. The van der Waals surface area contributed by atoms with Gasteiger partial charge in [0.05, 0.1) is 18.1 Å². The summed E-state index contributed by atoms with van der Waals surface area (Å²) < 4.78 is 52.2. The zero-order valence-electron chi connectivity index (χ0n) is 12.1. The van der Waals surface area contributed by atoms with Crippen molar-refractivity contribution in [1.29, 1.82) is 0 Å². The Hall–Kier alpha value is -1.09. The van der Waals surface area contributed by atoms with Crippen molar-refractivity contribution in [2.45, 2.75) is 58.9 Å². The summed E-state index contributed by atoms with van der Waals surface area (Å²) in [7, 11) is -4.09. The first-order valence-electron chi connectivity index (χ1n) is 5.91. The van der Waals surface area contributed by atoms with E-state index in [1.165, 1.54) is 0 Å². The molecule has 0 aromatic rings. The highest BCUT2D eigenvalue weighted by molar-refractivity contribution is 6.64. The van der Waals surface area contributed by atoms with Crippen LogP contribution in [0.4, 0.5) is 13.2 Å². The molecule has 0 aromatic carbocycles. The Bertz CT molecular complexity index is 346. The number of rotatable bonds is 5. The van der Waals surface area contributed by atoms with Gasteiger partial charge in [0, 0.05) is 13.8 Å². The van der Waals surface area contributed by atoms with Crippen molar-refractivity contribution in [1.82, 2.24) is 0 Å². The predicted molar refractivity (Wildman–Crippen MR) is 65.6 cm³/mol. The van der Waals surface area contributed by atoms with Crippen molar-refractivity contribution >= 4 is 20.7 Å². The first-order chi connectivity index (χ1) is 8.75. The van der Waals surface area contributed by atoms with Crippen LogP contribution in [0.3, 0.4) is 0 Å². The molecule has 0 rings (SSSR count). The van der Waals surface area contributed by atoms with Crippen LogP contribution in [0.15, 0.2) is 0 Å². The molecule has 0 spiro atoms. The lowest BCUT2D eigenvalue weighted by Crippen LogP contribution is -2.52. The molecule has 0 atom stereocenters. The molecule has 0 unspecified atom stereocenters. The van der Waals surface area contributed by atoms with Gasteiger partial charge in [-0.15, -0.1) is 0 Å². The van der Waals surface area contributed by atoms with E-state index < -0.39 is 45.0 Å². The molecule has 0 heterocycles. The molecular weight excluding hydrogens is 297 g/mol. The summed E-state index contributed by atoms with van der Waals surface area (Å²) in [6.07, 6.45) is -5.74. The second-order valence-corrected chi connectivity index (χ2v) is 7.68. The average Bonchev–Trinajstić information content (AvgIpc) is 2.08. The van der Waals surface area contributed by atoms with E-state index in [-0.39, 0.29) is 0 Å². The first kappa shape index (κ1) is 18.9. The third-order valence-electron chi connectivity index (χ3n) is 1.77. The van der Waals surface area contributed by atoms with Crippen molar-refractivity contribution in [3.05, 3.63) is 0 Å². The minimum Gasteiger partial charge on any atom is -0.464 e. The number of carbonyl (C=O) groups excluding carboxylic acids is 2. The van der Waals surface area contributed by atoms with Gasteiger partial charge in [0.1, 0.15) is 0 Å². The highest BCUT2D eigenvalue weighted by Crippen LogP contribution is 2.31. The Balaban J connectivity index is 5.29.